The third-order valence-electron chi connectivity index (χ3n) is 3.32. The minimum Gasteiger partial charge on any atom is -0.344 e. The van der Waals surface area contributed by atoms with E-state index in [0.29, 0.717) is 6.04 Å². The summed E-state index contributed by atoms with van der Waals surface area (Å²) in [5.41, 5.74) is 1.36. The van der Waals surface area contributed by atoms with E-state index in [1.165, 1.54) is 36.6 Å². The lowest BCUT2D eigenvalue weighted by molar-refractivity contribution is 0.438. The van der Waals surface area contributed by atoms with Crippen molar-refractivity contribution in [3.05, 3.63) is 34.9 Å². The Labute approximate surface area is 112 Å². The molecule has 1 aromatic heterocycles. The molecule has 17 heavy (non-hydrogen) atoms. The summed E-state index contributed by atoms with van der Waals surface area (Å²) in [6.07, 6.45) is 7.29. The second kappa shape index (κ2) is 5.72. The van der Waals surface area contributed by atoms with Crippen molar-refractivity contribution >= 4 is 26.8 Å². The number of halogens is 1. The van der Waals surface area contributed by atoms with Gasteiger partial charge in [-0.3, -0.25) is 0 Å². The van der Waals surface area contributed by atoms with E-state index in [1.54, 1.807) is 0 Å². The summed E-state index contributed by atoms with van der Waals surface area (Å²) in [5.74, 6) is 0. The van der Waals surface area contributed by atoms with Gasteiger partial charge in [-0.05, 0) is 37.1 Å². The molecule has 92 valence electrons. The number of hydrogen-bond acceptors (Lipinski definition) is 0. The molecule has 0 bridgehead atoms. The highest BCUT2D eigenvalue weighted by Gasteiger charge is 2.11. The maximum absolute atomic E-state index is 3.53. The van der Waals surface area contributed by atoms with Crippen LogP contribution < -0.4 is 0 Å². The fourth-order valence-electron chi connectivity index (χ4n) is 2.54. The lowest BCUT2D eigenvalue weighted by Gasteiger charge is -2.19. The molecule has 0 atom stereocenters. The molecule has 0 spiro atoms. The number of nitrogens with zero attached hydrogens (tertiary/aromatic N) is 1. The Hall–Kier alpha value is -0.760. The minimum absolute atomic E-state index is 0.656. The van der Waals surface area contributed by atoms with Crippen LogP contribution in [-0.4, -0.2) is 4.57 Å². The number of aromatic nitrogens is 1. The first-order valence-electron chi connectivity index (χ1n) is 6.52. The second-order valence-electron chi connectivity index (χ2n) is 4.66. The smallest absolute Gasteiger partial charge is 0.0483 e. The predicted octanol–water partition coefficient (Wildman–Crippen LogP) is 5.55. The van der Waals surface area contributed by atoms with Crippen molar-refractivity contribution in [3.63, 3.8) is 0 Å². The largest absolute Gasteiger partial charge is 0.344 e. The summed E-state index contributed by atoms with van der Waals surface area (Å²) in [5, 5.41) is 1.33. The molecule has 1 nitrogen and oxygen atoms in total. The normalized spacial score (nSPS) is 11.5. The molecule has 0 radical (unpaired) electrons. The maximum atomic E-state index is 3.53. The molecule has 0 aliphatic carbocycles. The Bertz CT molecular complexity index is 481. The van der Waals surface area contributed by atoms with E-state index in [4.69, 9.17) is 0 Å². The summed E-state index contributed by atoms with van der Waals surface area (Å²) in [6, 6.07) is 9.42. The first-order valence-corrected chi connectivity index (χ1v) is 7.31. The molecular formula is C15H20BrN. The van der Waals surface area contributed by atoms with Crippen LogP contribution in [0.1, 0.15) is 45.6 Å². The molecule has 0 N–H and O–H groups in total. The van der Waals surface area contributed by atoms with Crippen LogP contribution in [0.25, 0.3) is 10.9 Å². The quantitative estimate of drug-likeness (QED) is 0.681. The monoisotopic (exact) mass is 293 g/mol. The highest BCUT2D eigenvalue weighted by molar-refractivity contribution is 9.10. The molecule has 0 unspecified atom stereocenters. The lowest BCUT2D eigenvalue weighted by atomic mass is 10.1. The zero-order valence-corrected chi connectivity index (χ0v) is 12.2. The van der Waals surface area contributed by atoms with Crippen molar-refractivity contribution in [1.29, 1.82) is 0 Å². The lowest BCUT2D eigenvalue weighted by Crippen LogP contribution is -2.07. The summed E-state index contributed by atoms with van der Waals surface area (Å²) in [4.78, 5) is 0. The third kappa shape index (κ3) is 2.74. The summed E-state index contributed by atoms with van der Waals surface area (Å²) < 4.78 is 3.61. The Morgan fingerprint density at radius 1 is 1.12 bits per heavy atom. The number of hydrogen-bond donors (Lipinski definition) is 0. The van der Waals surface area contributed by atoms with Gasteiger partial charge in [0.25, 0.3) is 0 Å². The van der Waals surface area contributed by atoms with Crippen molar-refractivity contribution in [3.8, 4) is 0 Å². The number of fused-ring (bicyclic) bond motifs is 1. The van der Waals surface area contributed by atoms with Gasteiger partial charge in [-0.1, -0.05) is 42.6 Å². The van der Waals surface area contributed by atoms with Crippen LogP contribution in [0, 0.1) is 0 Å². The van der Waals surface area contributed by atoms with Crippen LogP contribution in [0.3, 0.4) is 0 Å². The molecule has 2 heteroatoms. The second-order valence-corrected chi connectivity index (χ2v) is 5.57. The highest BCUT2D eigenvalue weighted by Crippen LogP contribution is 2.28. The van der Waals surface area contributed by atoms with E-state index in [1.807, 2.05) is 0 Å². The molecule has 1 heterocycles. The average molecular weight is 294 g/mol. The minimum atomic E-state index is 0.656. The molecular weight excluding hydrogens is 274 g/mol. The standard InChI is InChI=1S/C15H20BrN/c1-3-5-14(6-4-2)17-10-9-12-11-13(16)7-8-15(12)17/h7-11,14H,3-6H2,1-2H3. The van der Waals surface area contributed by atoms with Gasteiger partial charge < -0.3 is 4.57 Å². The van der Waals surface area contributed by atoms with Gasteiger partial charge in [0.05, 0.1) is 0 Å². The Morgan fingerprint density at radius 3 is 2.47 bits per heavy atom. The molecule has 0 fully saturated rings. The third-order valence-corrected chi connectivity index (χ3v) is 3.81. The average Bonchev–Trinajstić information content (AvgIpc) is 2.71. The molecule has 0 amide bonds. The molecule has 2 rings (SSSR count). The van der Waals surface area contributed by atoms with E-state index in [2.05, 4.69) is 64.8 Å². The van der Waals surface area contributed by atoms with Gasteiger partial charge in [0, 0.05) is 27.6 Å². The zero-order valence-electron chi connectivity index (χ0n) is 10.6. The van der Waals surface area contributed by atoms with Crippen molar-refractivity contribution in [1.82, 2.24) is 4.57 Å². The summed E-state index contributed by atoms with van der Waals surface area (Å²) >= 11 is 3.53. The van der Waals surface area contributed by atoms with E-state index in [9.17, 15) is 0 Å². The molecule has 1 aromatic carbocycles. The van der Waals surface area contributed by atoms with Gasteiger partial charge in [-0.15, -0.1) is 0 Å². The van der Waals surface area contributed by atoms with Crippen molar-refractivity contribution in [2.24, 2.45) is 0 Å². The number of rotatable bonds is 5. The fraction of sp³-hybridized carbons (Fsp3) is 0.467. The van der Waals surface area contributed by atoms with Crippen LogP contribution in [0.4, 0.5) is 0 Å². The topological polar surface area (TPSA) is 4.93 Å². The molecule has 0 saturated heterocycles. The summed E-state index contributed by atoms with van der Waals surface area (Å²) in [7, 11) is 0. The molecule has 0 saturated carbocycles. The van der Waals surface area contributed by atoms with Crippen LogP contribution in [0.5, 0.6) is 0 Å². The molecule has 0 aliphatic rings. The Balaban J connectivity index is 2.39. The predicted molar refractivity (Wildman–Crippen MR) is 78.5 cm³/mol. The van der Waals surface area contributed by atoms with Gasteiger partial charge in [0.15, 0.2) is 0 Å². The van der Waals surface area contributed by atoms with Gasteiger partial charge >= 0.3 is 0 Å². The Kier molecular flexibility index (Phi) is 4.27. The van der Waals surface area contributed by atoms with Crippen LogP contribution >= 0.6 is 15.9 Å². The van der Waals surface area contributed by atoms with Crippen molar-refractivity contribution in [2.75, 3.05) is 0 Å². The van der Waals surface area contributed by atoms with Crippen LogP contribution in [0.2, 0.25) is 0 Å². The SMILES string of the molecule is CCCC(CCC)n1ccc2cc(Br)ccc21. The van der Waals surface area contributed by atoms with E-state index in [0.717, 1.165) is 4.47 Å². The van der Waals surface area contributed by atoms with Gasteiger partial charge in [0.2, 0.25) is 0 Å². The molecule has 0 aliphatic heterocycles. The fourth-order valence-corrected chi connectivity index (χ4v) is 2.92. The Morgan fingerprint density at radius 2 is 1.82 bits per heavy atom. The zero-order chi connectivity index (χ0) is 12.3. The first-order chi connectivity index (χ1) is 8.26. The first kappa shape index (κ1) is 12.7. The maximum Gasteiger partial charge on any atom is 0.0483 e. The van der Waals surface area contributed by atoms with E-state index in [-0.39, 0.29) is 0 Å². The molecule has 2 aromatic rings. The van der Waals surface area contributed by atoms with Gasteiger partial charge in [0.1, 0.15) is 0 Å². The van der Waals surface area contributed by atoms with Gasteiger partial charge in [-0.25, -0.2) is 0 Å². The highest BCUT2D eigenvalue weighted by atomic mass is 79.9. The van der Waals surface area contributed by atoms with Crippen LogP contribution in [0.15, 0.2) is 34.9 Å². The summed E-state index contributed by atoms with van der Waals surface area (Å²) in [6.45, 7) is 4.54. The van der Waals surface area contributed by atoms with E-state index < -0.39 is 0 Å². The van der Waals surface area contributed by atoms with Crippen molar-refractivity contribution in [2.45, 2.75) is 45.6 Å². The van der Waals surface area contributed by atoms with E-state index >= 15 is 0 Å². The number of benzene rings is 1. The van der Waals surface area contributed by atoms with Crippen molar-refractivity contribution < 1.29 is 0 Å². The van der Waals surface area contributed by atoms with Crippen LogP contribution in [-0.2, 0) is 0 Å². The van der Waals surface area contributed by atoms with Gasteiger partial charge in [-0.2, -0.15) is 0 Å².